The Labute approximate surface area is 164 Å². The monoisotopic (exact) mass is 393 g/mol. The third-order valence-corrected chi connectivity index (χ3v) is 6.38. The molecule has 2 amide bonds. The molecular weight excluding hydrogens is 362 g/mol. The van der Waals surface area contributed by atoms with Gasteiger partial charge in [0.05, 0.1) is 0 Å². The Bertz CT molecular complexity index is 893. The summed E-state index contributed by atoms with van der Waals surface area (Å²) in [4.78, 5) is 14.0. The van der Waals surface area contributed by atoms with Crippen molar-refractivity contribution in [3.8, 4) is 0 Å². The van der Waals surface area contributed by atoms with E-state index in [-0.39, 0.29) is 14.0 Å². The second-order valence-electron chi connectivity index (χ2n) is 7.83. The predicted molar refractivity (Wildman–Crippen MR) is 108 cm³/mol. The van der Waals surface area contributed by atoms with Crippen molar-refractivity contribution in [2.45, 2.75) is 57.9 Å². The van der Waals surface area contributed by atoms with Gasteiger partial charge in [0.2, 0.25) is 0 Å². The molecule has 27 heavy (non-hydrogen) atoms. The smallest absolute Gasteiger partial charge is 0.307 e. The average Bonchev–Trinajstić information content (AvgIpc) is 3.29. The lowest BCUT2D eigenvalue weighted by molar-refractivity contribution is 0.252. The van der Waals surface area contributed by atoms with Gasteiger partial charge in [0.15, 0.2) is 0 Å². The summed E-state index contributed by atoms with van der Waals surface area (Å²) in [5, 5.41) is 3.74. The van der Waals surface area contributed by atoms with Gasteiger partial charge < -0.3 is 10.2 Å². The van der Waals surface area contributed by atoms with E-state index in [0.29, 0.717) is 0 Å². The number of benzene rings is 1. The fourth-order valence-electron chi connectivity index (χ4n) is 3.63. The number of sulfonamides is 1. The van der Waals surface area contributed by atoms with Gasteiger partial charge >= 0.3 is 6.03 Å². The Morgan fingerprint density at radius 1 is 1.15 bits per heavy atom. The van der Waals surface area contributed by atoms with Crippen LogP contribution in [0, 0.1) is 0 Å². The van der Waals surface area contributed by atoms with Crippen molar-refractivity contribution in [2.24, 2.45) is 0 Å². The molecular formula is C20H29N3O3S. The largest absolute Gasteiger partial charge is 0.333 e. The number of fused-ring (bicyclic) bond motifs is 2. The molecule has 0 atom stereocenters. The molecule has 0 unspecified atom stereocenters. The summed E-state index contributed by atoms with van der Waals surface area (Å²) in [5.74, 6) is 0. The summed E-state index contributed by atoms with van der Waals surface area (Å²) in [6.07, 6.45) is 7.28. The maximum absolute atomic E-state index is 12.5. The van der Waals surface area contributed by atoms with Crippen LogP contribution < -0.4 is 10.0 Å². The Morgan fingerprint density at radius 3 is 2.30 bits per heavy atom. The van der Waals surface area contributed by atoms with Gasteiger partial charge in [-0.2, -0.15) is 0 Å². The maximum Gasteiger partial charge on any atom is 0.333 e. The molecule has 6 nitrogen and oxygen atoms in total. The van der Waals surface area contributed by atoms with E-state index in [2.05, 4.69) is 16.1 Å². The lowest BCUT2D eigenvalue weighted by atomic mass is 9.99. The van der Waals surface area contributed by atoms with E-state index < -0.39 is 21.6 Å². The summed E-state index contributed by atoms with van der Waals surface area (Å²) >= 11 is 0. The first-order valence-electron chi connectivity index (χ1n) is 10.6. The van der Waals surface area contributed by atoms with Crippen LogP contribution in [0.3, 0.4) is 0 Å². The van der Waals surface area contributed by atoms with Crippen LogP contribution in [0.4, 0.5) is 10.5 Å². The van der Waals surface area contributed by atoms with Gasteiger partial charge in [-0.25, -0.2) is 17.9 Å². The van der Waals surface area contributed by atoms with Crippen LogP contribution in [0.2, 0.25) is 0 Å². The van der Waals surface area contributed by atoms with Gasteiger partial charge in [-0.15, -0.1) is 0 Å². The number of nitrogens with one attached hydrogen (secondary N) is 2. The average molecular weight is 394 g/mol. The second kappa shape index (κ2) is 7.28. The second-order valence-corrected chi connectivity index (χ2v) is 9.40. The summed E-state index contributed by atoms with van der Waals surface area (Å²) in [7, 11) is -4.26. The number of hydrogen-bond acceptors (Lipinski definition) is 4. The molecule has 148 valence electrons. The minimum absolute atomic E-state index is 0.126. The van der Waals surface area contributed by atoms with Crippen molar-refractivity contribution >= 4 is 21.7 Å². The third-order valence-electron chi connectivity index (χ3n) is 5.42. The first kappa shape index (κ1) is 17.3. The van der Waals surface area contributed by atoms with E-state index in [1.807, 2.05) is 0 Å². The molecule has 1 aromatic carbocycles. The van der Waals surface area contributed by atoms with Crippen LogP contribution >= 0.6 is 0 Å². The Balaban J connectivity index is 1.74. The summed E-state index contributed by atoms with van der Waals surface area (Å²) in [6.45, 7) is 3.44. The number of carbonyl (C=O) groups is 1. The van der Waals surface area contributed by atoms with Gasteiger partial charge in [-0.3, -0.25) is 0 Å². The van der Waals surface area contributed by atoms with Crippen molar-refractivity contribution in [2.75, 3.05) is 19.4 Å². The number of aryl methyl sites for hydroxylation is 2. The third kappa shape index (κ3) is 4.35. The number of anilines is 1. The number of rotatable bonds is 5. The fraction of sp³-hybridized carbons (Fsp3) is 0.550. The first-order chi connectivity index (χ1) is 13.7. The van der Waals surface area contributed by atoms with Crippen LogP contribution in [0.1, 0.15) is 51.7 Å². The van der Waals surface area contributed by atoms with Gasteiger partial charge in [0.1, 0.15) is 0 Å². The van der Waals surface area contributed by atoms with Crippen molar-refractivity contribution < 1.29 is 16.0 Å². The van der Waals surface area contributed by atoms with E-state index >= 15 is 0 Å². The van der Waals surface area contributed by atoms with Gasteiger partial charge in [0.25, 0.3) is 10.0 Å². The van der Waals surface area contributed by atoms with Crippen molar-refractivity contribution in [1.29, 1.82) is 0 Å². The fourth-order valence-corrected chi connectivity index (χ4v) is 4.52. The van der Waals surface area contributed by atoms with Crippen molar-refractivity contribution in [3.05, 3.63) is 39.8 Å². The zero-order valence-corrected chi connectivity index (χ0v) is 16.8. The number of amides is 2. The van der Waals surface area contributed by atoms with Crippen LogP contribution in [0.15, 0.2) is 17.6 Å². The van der Waals surface area contributed by atoms with Crippen LogP contribution in [-0.2, 0) is 35.7 Å². The number of hydrogen-bond donors (Lipinski definition) is 2. The minimum Gasteiger partial charge on any atom is -0.307 e. The molecule has 0 heterocycles. The molecule has 0 aromatic heterocycles. The highest BCUT2D eigenvalue weighted by atomic mass is 32.2. The molecule has 0 radical (unpaired) electrons. The molecule has 0 bridgehead atoms. The predicted octanol–water partition coefficient (Wildman–Crippen LogP) is 2.97. The Hall–Kier alpha value is -1.86. The van der Waals surface area contributed by atoms with E-state index in [9.17, 15) is 13.2 Å². The van der Waals surface area contributed by atoms with Gasteiger partial charge in [-0.05, 0) is 88.7 Å². The van der Waals surface area contributed by atoms with Crippen molar-refractivity contribution in [3.63, 3.8) is 0 Å². The van der Waals surface area contributed by atoms with Gasteiger partial charge in [0, 0.05) is 19.4 Å². The van der Waals surface area contributed by atoms with E-state index in [1.165, 1.54) is 22.1 Å². The molecule has 2 aliphatic carbocycles. The normalized spacial score (nSPS) is 17.6. The molecule has 1 aromatic rings. The van der Waals surface area contributed by atoms with Crippen LogP contribution in [0.25, 0.3) is 0 Å². The zero-order valence-electron chi connectivity index (χ0n) is 18.0. The van der Waals surface area contributed by atoms with E-state index in [0.717, 1.165) is 60.7 Å². The quantitative estimate of drug-likeness (QED) is 0.806. The SMILES string of the molecule is [2H]CN(C[2H])C(C)(C)/C=C/S(=O)(=O)NC(=O)Nc1c2c(cc3c1CCC3)CCC2. The number of likely N-dealkylation sites (N-methyl/N-ethyl adjacent to an activating group) is 1. The molecule has 7 heteroatoms. The molecule has 3 rings (SSSR count). The van der Waals surface area contributed by atoms with Crippen molar-refractivity contribution in [1.82, 2.24) is 9.62 Å². The minimum atomic E-state index is -4.00. The number of carbonyl (C=O) groups excluding carboxylic acids is 1. The molecule has 2 N–H and O–H groups in total. The zero-order chi connectivity index (χ0) is 21.2. The topological polar surface area (TPSA) is 78.5 Å². The van der Waals surface area contributed by atoms with Gasteiger partial charge in [-0.1, -0.05) is 12.1 Å². The maximum atomic E-state index is 12.5. The highest BCUT2D eigenvalue weighted by Crippen LogP contribution is 2.38. The van der Waals surface area contributed by atoms with Crippen LogP contribution in [0.5, 0.6) is 0 Å². The summed E-state index contributed by atoms with van der Waals surface area (Å²) in [5.41, 5.74) is 4.79. The highest BCUT2D eigenvalue weighted by molar-refractivity contribution is 7.92. The number of urea groups is 1. The van der Waals surface area contributed by atoms with E-state index in [4.69, 9.17) is 2.74 Å². The molecule has 0 spiro atoms. The molecule has 0 aliphatic heterocycles. The first-order valence-corrected chi connectivity index (χ1v) is 10.7. The molecule has 0 saturated heterocycles. The standard InChI is InChI=1S/C20H29N3O3S/c1-20(2,23(3)4)11-12-27(25,26)22-19(24)21-18-16-9-5-7-14(16)13-15-8-6-10-17(15)18/h11-13H,5-10H2,1-4H3,(H2,21,22,24)/b12-11+/i3D,4D. The lowest BCUT2D eigenvalue weighted by Gasteiger charge is -2.28. The number of nitrogens with zero attached hydrogens (tertiary/aromatic N) is 1. The molecule has 0 saturated carbocycles. The summed E-state index contributed by atoms with van der Waals surface area (Å²) in [6, 6.07) is 1.49. The van der Waals surface area contributed by atoms with Crippen LogP contribution in [-0.4, -0.2) is 38.9 Å². The lowest BCUT2D eigenvalue weighted by Crippen LogP contribution is -2.37. The Kier molecular flexibility index (Phi) is 4.65. The summed E-state index contributed by atoms with van der Waals surface area (Å²) < 4.78 is 41.7. The highest BCUT2D eigenvalue weighted by Gasteiger charge is 2.26. The molecule has 0 fully saturated rings. The Morgan fingerprint density at radius 2 is 1.74 bits per heavy atom. The van der Waals surface area contributed by atoms with E-state index in [1.54, 1.807) is 13.8 Å². The molecule has 2 aliphatic rings.